The highest BCUT2D eigenvalue weighted by molar-refractivity contribution is 6.31. The van der Waals surface area contributed by atoms with E-state index < -0.39 is 0 Å². The maximum absolute atomic E-state index is 6.09. The van der Waals surface area contributed by atoms with Gasteiger partial charge in [-0.25, -0.2) is 4.98 Å². The quantitative estimate of drug-likeness (QED) is 0.892. The number of hydrogen-bond acceptors (Lipinski definition) is 2. The van der Waals surface area contributed by atoms with Crippen LogP contribution in [0.4, 0.5) is 5.95 Å². The smallest absolute Gasteiger partial charge is 0.201 e. The summed E-state index contributed by atoms with van der Waals surface area (Å²) in [5.74, 6) is 0.601. The van der Waals surface area contributed by atoms with Crippen molar-refractivity contribution in [2.24, 2.45) is 5.41 Å². The maximum Gasteiger partial charge on any atom is 0.201 e. The summed E-state index contributed by atoms with van der Waals surface area (Å²) in [6.45, 7) is 3.32. The number of rotatable bonds is 2. The van der Waals surface area contributed by atoms with Gasteiger partial charge >= 0.3 is 0 Å². The second-order valence-electron chi connectivity index (χ2n) is 6.06. The molecule has 2 N–H and O–H groups in total. The van der Waals surface area contributed by atoms with Crippen molar-refractivity contribution in [3.63, 3.8) is 0 Å². The van der Waals surface area contributed by atoms with E-state index in [2.05, 4.69) is 16.5 Å². The first-order chi connectivity index (χ1) is 9.07. The molecule has 1 aromatic carbocycles. The largest absolute Gasteiger partial charge is 0.369 e. The molecule has 1 aliphatic carbocycles. The van der Waals surface area contributed by atoms with Gasteiger partial charge in [-0.2, -0.15) is 0 Å². The molecule has 0 bridgehead atoms. The summed E-state index contributed by atoms with van der Waals surface area (Å²) in [4.78, 5) is 4.43. The Kier molecular flexibility index (Phi) is 3.17. The Bertz CT molecular complexity index is 597. The second kappa shape index (κ2) is 4.71. The molecule has 102 valence electrons. The molecule has 0 amide bonds. The van der Waals surface area contributed by atoms with Crippen molar-refractivity contribution in [2.45, 2.75) is 45.6 Å². The Morgan fingerprint density at radius 3 is 2.79 bits per heavy atom. The van der Waals surface area contributed by atoms with Crippen LogP contribution in [0.2, 0.25) is 5.02 Å². The van der Waals surface area contributed by atoms with E-state index in [1.807, 2.05) is 18.2 Å². The Balaban J connectivity index is 1.98. The summed E-state index contributed by atoms with van der Waals surface area (Å²) in [7, 11) is 0. The molecule has 0 spiro atoms. The van der Waals surface area contributed by atoms with Gasteiger partial charge in [0.15, 0.2) is 0 Å². The number of benzene rings is 1. The molecule has 3 rings (SSSR count). The number of aromatic nitrogens is 2. The lowest BCUT2D eigenvalue weighted by molar-refractivity contribution is 0.186. The molecule has 1 heterocycles. The van der Waals surface area contributed by atoms with Gasteiger partial charge < -0.3 is 10.3 Å². The summed E-state index contributed by atoms with van der Waals surface area (Å²) in [6, 6.07) is 5.81. The first kappa shape index (κ1) is 12.8. The molecule has 0 saturated heterocycles. The lowest BCUT2D eigenvalue weighted by atomic mass is 9.75. The van der Waals surface area contributed by atoms with E-state index in [-0.39, 0.29) is 0 Å². The van der Waals surface area contributed by atoms with Gasteiger partial charge in [-0.1, -0.05) is 37.8 Å². The summed E-state index contributed by atoms with van der Waals surface area (Å²) in [5.41, 5.74) is 8.42. The molecule has 0 radical (unpaired) electrons. The van der Waals surface area contributed by atoms with Crippen LogP contribution in [0.15, 0.2) is 18.2 Å². The van der Waals surface area contributed by atoms with E-state index in [1.165, 1.54) is 32.1 Å². The van der Waals surface area contributed by atoms with Crippen LogP contribution in [0, 0.1) is 5.41 Å². The molecule has 2 aromatic rings. The number of hydrogen-bond donors (Lipinski definition) is 1. The van der Waals surface area contributed by atoms with Crippen LogP contribution in [0.5, 0.6) is 0 Å². The fourth-order valence-electron chi connectivity index (χ4n) is 3.23. The number of halogens is 1. The highest BCUT2D eigenvalue weighted by Crippen LogP contribution is 2.38. The highest BCUT2D eigenvalue weighted by atomic mass is 35.5. The van der Waals surface area contributed by atoms with Gasteiger partial charge in [0, 0.05) is 11.6 Å². The zero-order valence-corrected chi connectivity index (χ0v) is 12.1. The molecule has 0 aliphatic heterocycles. The molecular weight excluding hydrogens is 258 g/mol. The van der Waals surface area contributed by atoms with Gasteiger partial charge in [0.25, 0.3) is 0 Å². The number of nitrogen functional groups attached to an aromatic ring is 1. The van der Waals surface area contributed by atoms with Crippen LogP contribution in [-0.2, 0) is 6.54 Å². The van der Waals surface area contributed by atoms with Crippen molar-refractivity contribution in [3.8, 4) is 0 Å². The van der Waals surface area contributed by atoms with E-state index in [0.717, 1.165) is 17.6 Å². The standard InChI is InChI=1S/C15H20ClN3/c1-15(7-3-2-4-8-15)10-19-13-6-5-11(16)9-12(13)18-14(19)17/h5-6,9H,2-4,7-8,10H2,1H3,(H2,17,18). The molecule has 0 atom stereocenters. The third-order valence-corrected chi connectivity index (χ3v) is 4.58. The van der Waals surface area contributed by atoms with Crippen molar-refractivity contribution >= 4 is 28.6 Å². The van der Waals surface area contributed by atoms with Crippen LogP contribution in [0.1, 0.15) is 39.0 Å². The highest BCUT2D eigenvalue weighted by Gasteiger charge is 2.28. The normalized spacial score (nSPS) is 18.8. The maximum atomic E-state index is 6.09. The van der Waals surface area contributed by atoms with Gasteiger partial charge in [-0.3, -0.25) is 0 Å². The Morgan fingerprint density at radius 1 is 1.32 bits per heavy atom. The topological polar surface area (TPSA) is 43.8 Å². The molecule has 0 unspecified atom stereocenters. The summed E-state index contributed by atoms with van der Waals surface area (Å²) >= 11 is 6.01. The van der Waals surface area contributed by atoms with E-state index in [0.29, 0.717) is 16.4 Å². The van der Waals surface area contributed by atoms with E-state index >= 15 is 0 Å². The fourth-order valence-corrected chi connectivity index (χ4v) is 3.40. The predicted molar refractivity (Wildman–Crippen MR) is 80.3 cm³/mol. The molecule has 19 heavy (non-hydrogen) atoms. The number of fused-ring (bicyclic) bond motifs is 1. The van der Waals surface area contributed by atoms with Crippen molar-refractivity contribution in [3.05, 3.63) is 23.2 Å². The van der Waals surface area contributed by atoms with E-state index in [9.17, 15) is 0 Å². The van der Waals surface area contributed by atoms with Crippen LogP contribution >= 0.6 is 11.6 Å². The zero-order valence-electron chi connectivity index (χ0n) is 11.3. The first-order valence-electron chi connectivity index (χ1n) is 6.99. The number of nitrogens with two attached hydrogens (primary N) is 1. The van der Waals surface area contributed by atoms with Crippen LogP contribution in [0.3, 0.4) is 0 Å². The van der Waals surface area contributed by atoms with Crippen LogP contribution in [-0.4, -0.2) is 9.55 Å². The second-order valence-corrected chi connectivity index (χ2v) is 6.50. The summed E-state index contributed by atoms with van der Waals surface area (Å²) in [6.07, 6.45) is 6.58. The third kappa shape index (κ3) is 2.44. The van der Waals surface area contributed by atoms with Crippen molar-refractivity contribution in [2.75, 3.05) is 5.73 Å². The van der Waals surface area contributed by atoms with E-state index in [4.69, 9.17) is 17.3 Å². The predicted octanol–water partition coefficient (Wildman–Crippen LogP) is 4.24. The molecule has 1 saturated carbocycles. The molecule has 4 heteroatoms. The molecular formula is C15H20ClN3. The molecule has 3 nitrogen and oxygen atoms in total. The average Bonchev–Trinajstić information content (AvgIpc) is 2.65. The van der Waals surface area contributed by atoms with Crippen molar-refractivity contribution in [1.29, 1.82) is 0 Å². The molecule has 1 aromatic heterocycles. The summed E-state index contributed by atoms with van der Waals surface area (Å²) < 4.78 is 2.15. The minimum Gasteiger partial charge on any atom is -0.369 e. The average molecular weight is 278 g/mol. The minimum absolute atomic E-state index is 0.347. The Hall–Kier alpha value is -1.22. The van der Waals surface area contributed by atoms with Gasteiger partial charge in [-0.15, -0.1) is 0 Å². The van der Waals surface area contributed by atoms with Gasteiger partial charge in [0.2, 0.25) is 5.95 Å². The Morgan fingerprint density at radius 2 is 2.05 bits per heavy atom. The van der Waals surface area contributed by atoms with Gasteiger partial charge in [0.05, 0.1) is 11.0 Å². The lowest BCUT2D eigenvalue weighted by Gasteiger charge is -2.34. The van der Waals surface area contributed by atoms with Crippen molar-refractivity contribution in [1.82, 2.24) is 9.55 Å². The molecule has 1 aliphatic rings. The Labute approximate surface area is 118 Å². The first-order valence-corrected chi connectivity index (χ1v) is 7.36. The minimum atomic E-state index is 0.347. The van der Waals surface area contributed by atoms with Gasteiger partial charge in [0.1, 0.15) is 0 Å². The number of nitrogens with zero attached hydrogens (tertiary/aromatic N) is 2. The number of anilines is 1. The van der Waals surface area contributed by atoms with Gasteiger partial charge in [-0.05, 0) is 36.5 Å². The SMILES string of the molecule is CC1(Cn2c(N)nc3cc(Cl)ccc32)CCCCC1. The summed E-state index contributed by atoms with van der Waals surface area (Å²) in [5, 5.41) is 0.709. The monoisotopic (exact) mass is 277 g/mol. The van der Waals surface area contributed by atoms with Crippen LogP contribution in [0.25, 0.3) is 11.0 Å². The lowest BCUT2D eigenvalue weighted by Crippen LogP contribution is -2.26. The van der Waals surface area contributed by atoms with E-state index in [1.54, 1.807) is 0 Å². The fraction of sp³-hybridized carbons (Fsp3) is 0.533. The third-order valence-electron chi connectivity index (χ3n) is 4.34. The number of imidazole rings is 1. The van der Waals surface area contributed by atoms with Crippen LogP contribution < -0.4 is 5.73 Å². The zero-order chi connectivity index (χ0) is 13.5. The molecule has 1 fully saturated rings. The van der Waals surface area contributed by atoms with Crippen molar-refractivity contribution < 1.29 is 0 Å².